The number of amides is 3. The van der Waals surface area contributed by atoms with Gasteiger partial charge in [-0.15, -0.1) is 11.3 Å². The highest BCUT2D eigenvalue weighted by molar-refractivity contribution is 7.16. The average Bonchev–Trinajstić information content (AvgIpc) is 3.04. The molecule has 10 heteroatoms. The van der Waals surface area contributed by atoms with Crippen molar-refractivity contribution in [3.8, 4) is 0 Å². The number of nitrogens with one attached hydrogen (secondary N) is 3. The maximum absolute atomic E-state index is 12.4. The zero-order valence-electron chi connectivity index (χ0n) is 15.9. The molecular formula is C19H20N4O5S. The molecule has 0 radical (unpaired) electrons. The lowest BCUT2D eigenvalue weighted by Gasteiger charge is -2.13. The van der Waals surface area contributed by atoms with Crippen LogP contribution in [0.1, 0.15) is 45.5 Å². The Labute approximate surface area is 170 Å². The second-order valence-electron chi connectivity index (χ2n) is 6.35. The molecule has 0 bridgehead atoms. The van der Waals surface area contributed by atoms with Gasteiger partial charge in [-0.3, -0.25) is 14.4 Å². The normalized spacial score (nSPS) is 15.6. The fourth-order valence-corrected chi connectivity index (χ4v) is 3.94. The second kappa shape index (κ2) is 8.82. The fraction of sp³-hybridized carbons (Fsp3) is 0.316. The van der Waals surface area contributed by atoms with Crippen LogP contribution in [-0.4, -0.2) is 41.8 Å². The van der Waals surface area contributed by atoms with Crippen LogP contribution >= 0.6 is 11.3 Å². The molecule has 1 atom stereocenters. The number of anilines is 2. The molecule has 3 amide bonds. The Morgan fingerprint density at radius 1 is 1.28 bits per heavy atom. The summed E-state index contributed by atoms with van der Waals surface area (Å²) in [6.45, 7) is 1.96. The van der Waals surface area contributed by atoms with Gasteiger partial charge in [-0.05, 0) is 18.6 Å². The Hall–Kier alpha value is -3.27. The molecule has 2 aromatic rings. The van der Waals surface area contributed by atoms with Crippen molar-refractivity contribution >= 4 is 45.8 Å². The van der Waals surface area contributed by atoms with E-state index in [1.165, 1.54) is 18.4 Å². The van der Waals surface area contributed by atoms with Crippen LogP contribution in [0, 0.1) is 0 Å². The van der Waals surface area contributed by atoms with Crippen LogP contribution in [0.25, 0.3) is 0 Å². The number of carbonyl (C=O) groups excluding carboxylic acids is 4. The molecule has 1 aliphatic rings. The van der Waals surface area contributed by atoms with Crippen LogP contribution in [-0.2, 0) is 20.7 Å². The number of hydrogen-bond donors (Lipinski definition) is 3. The number of hydrogen-bond acceptors (Lipinski definition) is 7. The van der Waals surface area contributed by atoms with Crippen LogP contribution in [0.3, 0.4) is 0 Å². The van der Waals surface area contributed by atoms with Gasteiger partial charge < -0.3 is 20.7 Å². The van der Waals surface area contributed by atoms with Crippen LogP contribution in [0.2, 0.25) is 0 Å². The molecule has 1 aliphatic heterocycles. The van der Waals surface area contributed by atoms with Gasteiger partial charge in [-0.1, -0.05) is 25.5 Å². The molecule has 1 aromatic carbocycles. The van der Waals surface area contributed by atoms with Gasteiger partial charge in [-0.2, -0.15) is 0 Å². The summed E-state index contributed by atoms with van der Waals surface area (Å²) in [5, 5.41) is 8.04. The molecular weight excluding hydrogens is 396 g/mol. The highest BCUT2D eigenvalue weighted by Crippen LogP contribution is 2.25. The monoisotopic (exact) mass is 416 g/mol. The maximum atomic E-state index is 12.4. The first-order chi connectivity index (χ1) is 13.9. The van der Waals surface area contributed by atoms with Crippen molar-refractivity contribution in [3.05, 3.63) is 40.4 Å². The number of ether oxygens (including phenoxy) is 1. The molecule has 1 aromatic heterocycles. The van der Waals surface area contributed by atoms with Gasteiger partial charge in [0.05, 0.1) is 24.8 Å². The summed E-state index contributed by atoms with van der Waals surface area (Å²) in [6.07, 6.45) is 1.15. The summed E-state index contributed by atoms with van der Waals surface area (Å²) in [5.74, 6) is -2.01. The summed E-state index contributed by atoms with van der Waals surface area (Å²) in [6, 6.07) is 5.56. The number of esters is 1. The predicted octanol–water partition coefficient (Wildman–Crippen LogP) is 1.96. The molecule has 3 N–H and O–H groups in total. The number of methoxy groups -OCH3 is 1. The minimum Gasteiger partial charge on any atom is -0.464 e. The zero-order valence-corrected chi connectivity index (χ0v) is 16.7. The van der Waals surface area contributed by atoms with Crippen molar-refractivity contribution in [2.24, 2.45) is 0 Å². The highest BCUT2D eigenvalue weighted by Gasteiger charge is 2.30. The summed E-state index contributed by atoms with van der Waals surface area (Å²) in [7, 11) is 1.26. The Morgan fingerprint density at radius 3 is 2.76 bits per heavy atom. The van der Waals surface area contributed by atoms with E-state index in [9.17, 15) is 19.2 Å². The van der Waals surface area contributed by atoms with Crippen LogP contribution < -0.4 is 16.0 Å². The fourth-order valence-electron chi connectivity index (χ4n) is 2.87. The lowest BCUT2D eigenvalue weighted by atomic mass is 10.1. The minimum absolute atomic E-state index is 0.172. The number of para-hydroxylation sites is 1. The third-order valence-electron chi connectivity index (χ3n) is 4.24. The molecule has 0 aliphatic carbocycles. The largest absolute Gasteiger partial charge is 0.464 e. The summed E-state index contributed by atoms with van der Waals surface area (Å²) in [4.78, 5) is 53.9. The number of aryl methyl sites for hydroxylation is 1. The molecule has 9 nitrogen and oxygen atoms in total. The number of rotatable bonds is 6. The van der Waals surface area contributed by atoms with Crippen molar-refractivity contribution in [3.63, 3.8) is 0 Å². The molecule has 152 valence electrons. The van der Waals surface area contributed by atoms with Crippen molar-refractivity contribution in [2.75, 3.05) is 17.7 Å². The van der Waals surface area contributed by atoms with Gasteiger partial charge >= 0.3 is 5.97 Å². The topological polar surface area (TPSA) is 126 Å². The van der Waals surface area contributed by atoms with E-state index in [1.807, 2.05) is 6.92 Å². The lowest BCUT2D eigenvalue weighted by molar-refractivity contribution is -0.122. The molecule has 2 heterocycles. The van der Waals surface area contributed by atoms with Crippen molar-refractivity contribution in [1.29, 1.82) is 0 Å². The summed E-state index contributed by atoms with van der Waals surface area (Å²) >= 11 is 1.18. The van der Waals surface area contributed by atoms with E-state index < -0.39 is 29.7 Å². The number of aromatic nitrogens is 1. The van der Waals surface area contributed by atoms with E-state index in [4.69, 9.17) is 4.74 Å². The quantitative estimate of drug-likeness (QED) is 0.618. The average molecular weight is 416 g/mol. The van der Waals surface area contributed by atoms with Gasteiger partial charge in [0.1, 0.15) is 6.04 Å². The number of nitrogens with zero attached hydrogens (tertiary/aromatic N) is 1. The molecule has 0 unspecified atom stereocenters. The molecule has 0 saturated heterocycles. The Kier molecular flexibility index (Phi) is 6.23. The van der Waals surface area contributed by atoms with Gasteiger partial charge in [-0.25, -0.2) is 9.78 Å². The van der Waals surface area contributed by atoms with Crippen LogP contribution in [0.15, 0.2) is 24.3 Å². The number of carbonyl (C=O) groups is 4. The van der Waals surface area contributed by atoms with Crippen molar-refractivity contribution in [2.45, 2.75) is 32.2 Å². The Morgan fingerprint density at radius 2 is 2.03 bits per heavy atom. The standard InChI is InChI=1S/C19H20N4O5S/c1-3-6-13-15(18(27)28-2)23-19(29-13)22-14(24)9-12-17(26)20-11-8-5-4-7-10(11)16(25)21-12/h4-5,7-8,12H,3,6,9H2,1-2H3,(H,20,26)(H,21,25)(H,22,23,24)/t12-/m0/s1. The molecule has 0 spiro atoms. The third kappa shape index (κ3) is 4.60. The van der Waals surface area contributed by atoms with Crippen molar-refractivity contribution < 1.29 is 23.9 Å². The molecule has 0 fully saturated rings. The first-order valence-electron chi connectivity index (χ1n) is 9.01. The molecule has 0 saturated carbocycles. The van der Waals surface area contributed by atoms with E-state index in [2.05, 4.69) is 20.9 Å². The van der Waals surface area contributed by atoms with Crippen molar-refractivity contribution in [1.82, 2.24) is 10.3 Å². The summed E-state index contributed by atoms with van der Waals surface area (Å²) in [5.41, 5.74) is 0.894. The third-order valence-corrected chi connectivity index (χ3v) is 5.27. The van der Waals surface area contributed by atoms with Crippen LogP contribution in [0.4, 0.5) is 10.8 Å². The van der Waals surface area contributed by atoms with Crippen LogP contribution in [0.5, 0.6) is 0 Å². The van der Waals surface area contributed by atoms with E-state index in [1.54, 1.807) is 24.3 Å². The first-order valence-corrected chi connectivity index (χ1v) is 9.83. The van der Waals surface area contributed by atoms with Gasteiger partial charge in [0, 0.05) is 4.88 Å². The van der Waals surface area contributed by atoms with E-state index in [0.717, 1.165) is 6.42 Å². The minimum atomic E-state index is -1.04. The Bertz CT molecular complexity index is 971. The molecule has 29 heavy (non-hydrogen) atoms. The number of benzene rings is 1. The smallest absolute Gasteiger partial charge is 0.357 e. The highest BCUT2D eigenvalue weighted by atomic mass is 32.1. The molecule has 3 rings (SSSR count). The van der Waals surface area contributed by atoms with Gasteiger partial charge in [0.15, 0.2) is 10.8 Å². The van der Waals surface area contributed by atoms with E-state index in [-0.39, 0.29) is 17.2 Å². The first kappa shape index (κ1) is 20.5. The van der Waals surface area contributed by atoms with Gasteiger partial charge in [0.2, 0.25) is 11.8 Å². The summed E-state index contributed by atoms with van der Waals surface area (Å²) < 4.78 is 4.73. The predicted molar refractivity (Wildman–Crippen MR) is 107 cm³/mol. The zero-order chi connectivity index (χ0) is 21.0. The Balaban J connectivity index is 1.70. The van der Waals surface area contributed by atoms with E-state index in [0.29, 0.717) is 22.5 Å². The van der Waals surface area contributed by atoms with Gasteiger partial charge in [0.25, 0.3) is 5.91 Å². The second-order valence-corrected chi connectivity index (χ2v) is 7.43. The van der Waals surface area contributed by atoms with E-state index >= 15 is 0 Å². The number of fused-ring (bicyclic) bond motifs is 1. The maximum Gasteiger partial charge on any atom is 0.357 e. The lowest BCUT2D eigenvalue weighted by Crippen LogP contribution is -2.43. The number of thiazole rings is 1. The SMILES string of the molecule is CCCc1sc(NC(=O)C[C@@H]2NC(=O)c3ccccc3NC2=O)nc1C(=O)OC.